The summed E-state index contributed by atoms with van der Waals surface area (Å²) in [4.78, 5) is 25.2. The minimum absolute atomic E-state index is 0.160. The lowest BCUT2D eigenvalue weighted by molar-refractivity contribution is -0.129. The van der Waals surface area contributed by atoms with Gasteiger partial charge < -0.3 is 15.0 Å². The first-order chi connectivity index (χ1) is 11.2. The molecule has 0 aliphatic carbocycles. The van der Waals surface area contributed by atoms with Crippen LogP contribution in [0.1, 0.15) is 31.7 Å². The number of hydrogen-bond acceptors (Lipinski definition) is 3. The zero-order valence-corrected chi connectivity index (χ0v) is 13.6. The van der Waals surface area contributed by atoms with Crippen LogP contribution in [-0.2, 0) is 16.0 Å². The van der Waals surface area contributed by atoms with Crippen LogP contribution < -0.4 is 5.32 Å². The third-order valence-corrected chi connectivity index (χ3v) is 4.10. The second kappa shape index (κ2) is 8.32. The van der Waals surface area contributed by atoms with E-state index in [2.05, 4.69) is 24.0 Å². The molecule has 1 heterocycles. The van der Waals surface area contributed by atoms with E-state index in [4.69, 9.17) is 0 Å². The van der Waals surface area contributed by atoms with Crippen molar-refractivity contribution in [3.05, 3.63) is 59.9 Å². The van der Waals surface area contributed by atoms with Crippen LogP contribution in [0, 0.1) is 0 Å². The van der Waals surface area contributed by atoms with Gasteiger partial charge in [-0.2, -0.15) is 0 Å². The van der Waals surface area contributed by atoms with Crippen LogP contribution in [-0.4, -0.2) is 29.7 Å². The zero-order valence-electron chi connectivity index (χ0n) is 13.6. The molecule has 4 nitrogen and oxygen atoms in total. The normalized spacial score (nSPS) is 18.1. The lowest BCUT2D eigenvalue weighted by atomic mass is 10.1. The number of allylic oxidation sites excluding steroid dienone is 2. The largest absolute Gasteiger partial charge is 0.381 e. The van der Waals surface area contributed by atoms with Gasteiger partial charge in [0.25, 0.3) is 5.91 Å². The number of carbonyl (C=O) groups excluding carboxylic acids is 2. The van der Waals surface area contributed by atoms with Crippen molar-refractivity contribution < 1.29 is 9.59 Å². The topological polar surface area (TPSA) is 49.4 Å². The highest BCUT2D eigenvalue weighted by atomic mass is 16.2. The molecule has 0 radical (unpaired) electrons. The van der Waals surface area contributed by atoms with Crippen molar-refractivity contribution in [1.82, 2.24) is 10.2 Å². The van der Waals surface area contributed by atoms with Crippen molar-refractivity contribution in [3.8, 4) is 0 Å². The number of benzene rings is 1. The highest BCUT2D eigenvalue weighted by molar-refractivity contribution is 5.96. The van der Waals surface area contributed by atoms with E-state index < -0.39 is 0 Å². The van der Waals surface area contributed by atoms with Gasteiger partial charge in [-0.25, -0.2) is 0 Å². The van der Waals surface area contributed by atoms with Crippen LogP contribution in [0.25, 0.3) is 0 Å². The Morgan fingerprint density at radius 2 is 2.13 bits per heavy atom. The molecule has 1 aromatic rings. The number of likely N-dealkylation sites (tertiary alicyclic amines) is 1. The lowest BCUT2D eigenvalue weighted by Gasteiger charge is -2.23. The van der Waals surface area contributed by atoms with Crippen molar-refractivity contribution in [2.24, 2.45) is 0 Å². The van der Waals surface area contributed by atoms with Gasteiger partial charge in [-0.15, -0.1) is 0 Å². The number of nitrogens with zero attached hydrogens (tertiary/aromatic N) is 1. The second-order valence-electron chi connectivity index (χ2n) is 5.70. The van der Waals surface area contributed by atoms with Crippen LogP contribution in [0.15, 0.2) is 54.4 Å². The highest BCUT2D eigenvalue weighted by Crippen LogP contribution is 2.26. The molecule has 1 aliphatic heterocycles. The van der Waals surface area contributed by atoms with Crippen molar-refractivity contribution in [2.45, 2.75) is 38.6 Å². The zero-order chi connectivity index (χ0) is 16.7. The van der Waals surface area contributed by atoms with Gasteiger partial charge in [0, 0.05) is 12.2 Å². The van der Waals surface area contributed by atoms with Gasteiger partial charge >= 0.3 is 0 Å². The summed E-state index contributed by atoms with van der Waals surface area (Å²) in [5.74, 6) is -0.160. The van der Waals surface area contributed by atoms with E-state index in [0.717, 1.165) is 24.8 Å². The molecule has 23 heavy (non-hydrogen) atoms. The predicted molar refractivity (Wildman–Crippen MR) is 91.6 cm³/mol. The van der Waals surface area contributed by atoms with E-state index in [1.54, 1.807) is 6.08 Å². The minimum Gasteiger partial charge on any atom is -0.381 e. The van der Waals surface area contributed by atoms with Crippen LogP contribution in [0.2, 0.25) is 0 Å². The van der Waals surface area contributed by atoms with Crippen molar-refractivity contribution in [1.29, 1.82) is 0 Å². The number of aldehydes is 1. The Bertz CT molecular complexity index is 593. The summed E-state index contributed by atoms with van der Waals surface area (Å²) in [6.45, 7) is 6.44. The highest BCUT2D eigenvalue weighted by Gasteiger charge is 2.32. The molecule has 1 aliphatic rings. The molecule has 1 amide bonds. The fourth-order valence-corrected chi connectivity index (χ4v) is 2.81. The maximum atomic E-state index is 12.6. The third-order valence-electron chi connectivity index (χ3n) is 4.10. The maximum absolute atomic E-state index is 12.6. The molecule has 0 spiro atoms. The second-order valence-corrected chi connectivity index (χ2v) is 5.70. The fraction of sp³-hybridized carbons (Fsp3) is 0.368. The van der Waals surface area contributed by atoms with E-state index in [0.29, 0.717) is 25.1 Å². The van der Waals surface area contributed by atoms with E-state index in [1.165, 1.54) is 10.5 Å². The number of amides is 1. The first-order valence-electron chi connectivity index (χ1n) is 8.08. The molecule has 0 bridgehead atoms. The molecule has 1 fully saturated rings. The molecule has 1 aromatic carbocycles. The summed E-state index contributed by atoms with van der Waals surface area (Å²) in [6.07, 6.45) is 5.86. The van der Waals surface area contributed by atoms with Crippen LogP contribution in [0.5, 0.6) is 0 Å². The molecule has 0 aromatic heterocycles. The number of hydrogen-bond donors (Lipinski definition) is 1. The molecule has 122 valence electrons. The van der Waals surface area contributed by atoms with E-state index in [9.17, 15) is 9.59 Å². The average molecular weight is 312 g/mol. The monoisotopic (exact) mass is 312 g/mol. The molecule has 4 heteroatoms. The van der Waals surface area contributed by atoms with Gasteiger partial charge in [-0.1, -0.05) is 43.0 Å². The Morgan fingerprint density at radius 3 is 2.78 bits per heavy atom. The number of nitrogens with one attached hydrogen (secondary N) is 1. The first kappa shape index (κ1) is 17.0. The first-order valence-corrected chi connectivity index (χ1v) is 8.08. The molecule has 1 unspecified atom stereocenters. The molecule has 1 saturated heterocycles. The van der Waals surface area contributed by atoms with Crippen LogP contribution in [0.3, 0.4) is 0 Å². The fourth-order valence-electron chi connectivity index (χ4n) is 2.81. The van der Waals surface area contributed by atoms with Crippen LogP contribution >= 0.6 is 0 Å². The molecular weight excluding hydrogens is 288 g/mol. The van der Waals surface area contributed by atoms with Crippen molar-refractivity contribution in [2.75, 3.05) is 6.54 Å². The summed E-state index contributed by atoms with van der Waals surface area (Å²) >= 11 is 0. The SMILES string of the molecule is C=C1CCC(C=O)N1C(=O)/C(=C\C)NCCCc1ccccc1. The van der Waals surface area contributed by atoms with Gasteiger partial charge in [0.1, 0.15) is 6.29 Å². The van der Waals surface area contributed by atoms with Crippen molar-refractivity contribution >= 4 is 12.2 Å². The standard InChI is InChI=1S/C19H24N2O2/c1-3-18(19(23)21-15(2)11-12-17(21)14-22)20-13-7-10-16-8-5-4-6-9-16/h3-6,8-9,14,17,20H,2,7,10-13H2,1H3/b18-3+. The summed E-state index contributed by atoms with van der Waals surface area (Å²) in [7, 11) is 0. The Hall–Kier alpha value is -2.36. The number of aryl methyl sites for hydroxylation is 1. The molecular formula is C19H24N2O2. The minimum atomic E-state index is -0.379. The molecule has 0 saturated carbocycles. The third kappa shape index (κ3) is 4.31. The number of rotatable bonds is 7. The van der Waals surface area contributed by atoms with E-state index in [1.807, 2.05) is 25.1 Å². The van der Waals surface area contributed by atoms with Gasteiger partial charge in [-0.05, 0) is 38.2 Å². The molecule has 1 atom stereocenters. The smallest absolute Gasteiger partial charge is 0.274 e. The van der Waals surface area contributed by atoms with Gasteiger partial charge in [0.2, 0.25) is 0 Å². The quantitative estimate of drug-likeness (QED) is 0.478. The summed E-state index contributed by atoms with van der Waals surface area (Å²) in [5, 5.41) is 3.19. The summed E-state index contributed by atoms with van der Waals surface area (Å²) < 4.78 is 0. The molecule has 2 rings (SSSR count). The Balaban J connectivity index is 1.86. The Kier molecular flexibility index (Phi) is 6.15. The van der Waals surface area contributed by atoms with Gasteiger partial charge in [0.05, 0.1) is 11.7 Å². The van der Waals surface area contributed by atoms with E-state index in [-0.39, 0.29) is 11.9 Å². The van der Waals surface area contributed by atoms with Gasteiger partial charge in [-0.3, -0.25) is 4.79 Å². The summed E-state index contributed by atoms with van der Waals surface area (Å²) in [5.41, 5.74) is 2.54. The Labute approximate surface area is 137 Å². The average Bonchev–Trinajstić information content (AvgIpc) is 2.96. The number of carbonyl (C=O) groups is 2. The summed E-state index contributed by atoms with van der Waals surface area (Å²) in [6, 6.07) is 9.89. The Morgan fingerprint density at radius 1 is 1.39 bits per heavy atom. The van der Waals surface area contributed by atoms with Crippen LogP contribution in [0.4, 0.5) is 0 Å². The van der Waals surface area contributed by atoms with E-state index >= 15 is 0 Å². The maximum Gasteiger partial charge on any atom is 0.274 e. The van der Waals surface area contributed by atoms with Gasteiger partial charge in [0.15, 0.2) is 0 Å². The molecule has 1 N–H and O–H groups in total. The predicted octanol–water partition coefficient (Wildman–Crippen LogP) is 2.82. The lowest BCUT2D eigenvalue weighted by Crippen LogP contribution is -2.39. The van der Waals surface area contributed by atoms with Crippen molar-refractivity contribution in [3.63, 3.8) is 0 Å².